The highest BCUT2D eigenvalue weighted by Gasteiger charge is 2.19. The number of aryl methyl sites for hydroxylation is 2. The molecule has 0 atom stereocenters. The van der Waals surface area contributed by atoms with E-state index in [0.717, 1.165) is 24.9 Å². The van der Waals surface area contributed by atoms with Crippen molar-refractivity contribution >= 4 is 33.0 Å². The van der Waals surface area contributed by atoms with Crippen molar-refractivity contribution in [2.75, 3.05) is 11.9 Å². The third-order valence-corrected chi connectivity index (χ3v) is 6.71. The zero-order chi connectivity index (χ0) is 21.5. The molecule has 31 heavy (non-hydrogen) atoms. The minimum Gasteiger partial charge on any atom is -0.314 e. The molecule has 2 aromatic carbocycles. The van der Waals surface area contributed by atoms with Gasteiger partial charge >= 0.3 is 0 Å². The molecule has 1 aliphatic carbocycles. The maximum Gasteiger partial charge on any atom is 0.276 e. The van der Waals surface area contributed by atoms with E-state index in [-0.39, 0.29) is 23.8 Å². The van der Waals surface area contributed by atoms with Crippen LogP contribution in [0, 0.1) is 5.82 Å². The van der Waals surface area contributed by atoms with Crippen LogP contribution in [0.15, 0.2) is 58.7 Å². The van der Waals surface area contributed by atoms with E-state index in [4.69, 9.17) is 0 Å². The van der Waals surface area contributed by atoms with E-state index in [1.54, 1.807) is 35.5 Å². The maximum absolute atomic E-state index is 13.8. The molecule has 0 spiro atoms. The fourth-order valence-corrected chi connectivity index (χ4v) is 4.98. The number of hydrogen-bond acceptors (Lipinski definition) is 4. The second kappa shape index (κ2) is 7.74. The van der Waals surface area contributed by atoms with Crippen molar-refractivity contribution in [2.45, 2.75) is 25.8 Å². The molecule has 5 rings (SSSR count). The van der Waals surface area contributed by atoms with Gasteiger partial charge in [0.15, 0.2) is 0 Å². The number of rotatable bonds is 4. The number of halogens is 1. The molecule has 0 saturated heterocycles. The van der Waals surface area contributed by atoms with Crippen LogP contribution >= 0.6 is 11.3 Å². The number of thiophene rings is 1. The van der Waals surface area contributed by atoms with Crippen molar-refractivity contribution in [2.24, 2.45) is 0 Å². The third kappa shape index (κ3) is 3.55. The van der Waals surface area contributed by atoms with Crippen LogP contribution in [-0.4, -0.2) is 22.7 Å². The van der Waals surface area contributed by atoms with Crippen LogP contribution in [0.3, 0.4) is 0 Å². The quantitative estimate of drug-likeness (QED) is 0.479. The highest BCUT2D eigenvalue weighted by atomic mass is 32.1. The number of carbonyl (C=O) groups excluding carboxylic acids is 1. The van der Waals surface area contributed by atoms with Gasteiger partial charge in [-0.3, -0.25) is 9.59 Å². The second-order valence-corrected chi connectivity index (χ2v) is 8.66. The van der Waals surface area contributed by atoms with Crippen molar-refractivity contribution in [1.29, 1.82) is 0 Å². The van der Waals surface area contributed by atoms with Gasteiger partial charge in [0.1, 0.15) is 18.1 Å². The Kier molecular flexibility index (Phi) is 4.90. The predicted octanol–water partition coefficient (Wildman–Crippen LogP) is 4.42. The molecule has 1 aliphatic rings. The molecule has 4 aromatic rings. The third-order valence-electron chi connectivity index (χ3n) is 5.79. The van der Waals surface area contributed by atoms with E-state index in [9.17, 15) is 14.0 Å². The number of anilines is 1. The van der Waals surface area contributed by atoms with Crippen LogP contribution in [0.4, 0.5) is 10.1 Å². The summed E-state index contributed by atoms with van der Waals surface area (Å²) in [6, 6.07) is 13.9. The Bertz CT molecular complexity index is 1380. The molecule has 7 heteroatoms. The highest BCUT2D eigenvalue weighted by molar-refractivity contribution is 7.17. The van der Waals surface area contributed by atoms with Crippen LogP contribution < -0.4 is 10.5 Å². The van der Waals surface area contributed by atoms with Gasteiger partial charge in [-0.2, -0.15) is 5.10 Å². The van der Waals surface area contributed by atoms with Gasteiger partial charge in [-0.25, -0.2) is 9.07 Å². The summed E-state index contributed by atoms with van der Waals surface area (Å²) in [7, 11) is 1.71. The van der Waals surface area contributed by atoms with Gasteiger partial charge in [0.05, 0.1) is 10.1 Å². The van der Waals surface area contributed by atoms with Crippen molar-refractivity contribution in [3.63, 3.8) is 0 Å². The van der Waals surface area contributed by atoms with Crippen molar-refractivity contribution in [1.82, 2.24) is 9.78 Å². The second-order valence-electron chi connectivity index (χ2n) is 7.74. The first-order chi connectivity index (χ1) is 15.0. The molecule has 0 unspecified atom stereocenters. The lowest BCUT2D eigenvalue weighted by molar-refractivity contribution is -0.119. The summed E-state index contributed by atoms with van der Waals surface area (Å²) in [5, 5.41) is 6.74. The molecule has 5 nitrogen and oxygen atoms in total. The molecular formula is C24H20FN3O2S. The van der Waals surface area contributed by atoms with E-state index < -0.39 is 0 Å². The first-order valence-corrected chi connectivity index (χ1v) is 11.0. The van der Waals surface area contributed by atoms with E-state index in [2.05, 4.69) is 17.2 Å². The van der Waals surface area contributed by atoms with Gasteiger partial charge in [0.25, 0.3) is 5.56 Å². The molecule has 0 N–H and O–H groups in total. The Morgan fingerprint density at radius 2 is 2.00 bits per heavy atom. The molecular weight excluding hydrogens is 413 g/mol. The number of aromatic nitrogens is 2. The van der Waals surface area contributed by atoms with Gasteiger partial charge in [-0.05, 0) is 66.1 Å². The Morgan fingerprint density at radius 3 is 2.84 bits per heavy atom. The zero-order valence-electron chi connectivity index (χ0n) is 17.0. The molecule has 0 saturated carbocycles. The SMILES string of the molecule is CN(C(=O)Cn1nc(-c2cccc(F)c2)c2sccc2c1=O)c1ccc2c(c1)CCC2. The molecule has 1 amide bonds. The fraction of sp³-hybridized carbons (Fsp3) is 0.208. The minimum atomic E-state index is -0.380. The van der Waals surface area contributed by atoms with Crippen molar-refractivity contribution in [3.8, 4) is 11.3 Å². The first-order valence-electron chi connectivity index (χ1n) is 10.1. The monoisotopic (exact) mass is 433 g/mol. The average Bonchev–Trinajstić information content (AvgIpc) is 3.44. The molecule has 0 fully saturated rings. The highest BCUT2D eigenvalue weighted by Crippen LogP contribution is 2.29. The summed E-state index contributed by atoms with van der Waals surface area (Å²) in [5.74, 6) is -0.624. The Labute approximate surface area is 182 Å². The molecule has 2 aromatic heterocycles. The van der Waals surface area contributed by atoms with Crippen molar-refractivity contribution < 1.29 is 9.18 Å². The lowest BCUT2D eigenvalue weighted by Gasteiger charge is -2.19. The van der Waals surface area contributed by atoms with Crippen LogP contribution in [0.25, 0.3) is 21.3 Å². The van der Waals surface area contributed by atoms with E-state index in [0.29, 0.717) is 21.3 Å². The summed E-state index contributed by atoms with van der Waals surface area (Å²) in [4.78, 5) is 27.5. The molecule has 0 bridgehead atoms. The summed E-state index contributed by atoms with van der Waals surface area (Å²) >= 11 is 1.38. The van der Waals surface area contributed by atoms with Gasteiger partial charge in [-0.1, -0.05) is 18.2 Å². The number of hydrogen-bond donors (Lipinski definition) is 0. The molecule has 0 radical (unpaired) electrons. The van der Waals surface area contributed by atoms with Gasteiger partial charge < -0.3 is 4.90 Å². The Hall–Kier alpha value is -3.32. The molecule has 156 valence electrons. The number of fused-ring (bicyclic) bond motifs is 2. The van der Waals surface area contributed by atoms with E-state index in [1.165, 1.54) is 39.3 Å². The topological polar surface area (TPSA) is 55.2 Å². The van der Waals surface area contributed by atoms with Crippen LogP contribution in [0.5, 0.6) is 0 Å². The van der Waals surface area contributed by atoms with E-state index in [1.807, 2.05) is 6.07 Å². The molecule has 0 aliphatic heterocycles. The number of nitrogens with zero attached hydrogens (tertiary/aromatic N) is 3. The van der Waals surface area contributed by atoms with Gasteiger partial charge in [0.2, 0.25) is 5.91 Å². The summed E-state index contributed by atoms with van der Waals surface area (Å²) in [5.41, 5.74) is 4.16. The average molecular weight is 434 g/mol. The lowest BCUT2D eigenvalue weighted by atomic mass is 10.1. The number of amides is 1. The van der Waals surface area contributed by atoms with Crippen LogP contribution in [0.2, 0.25) is 0 Å². The van der Waals surface area contributed by atoms with Crippen LogP contribution in [0.1, 0.15) is 17.5 Å². The summed E-state index contributed by atoms with van der Waals surface area (Å²) in [6.45, 7) is -0.194. The lowest BCUT2D eigenvalue weighted by Crippen LogP contribution is -2.35. The van der Waals surface area contributed by atoms with Crippen LogP contribution in [-0.2, 0) is 24.2 Å². The zero-order valence-corrected chi connectivity index (χ0v) is 17.8. The first kappa shape index (κ1) is 19.6. The number of carbonyl (C=O) groups is 1. The predicted molar refractivity (Wildman–Crippen MR) is 121 cm³/mol. The number of likely N-dealkylation sites (N-methyl/N-ethyl adjacent to an activating group) is 1. The minimum absolute atomic E-state index is 0.194. The van der Waals surface area contributed by atoms with Crippen molar-refractivity contribution in [3.05, 3.63) is 81.2 Å². The smallest absolute Gasteiger partial charge is 0.276 e. The van der Waals surface area contributed by atoms with Gasteiger partial charge in [0, 0.05) is 18.3 Å². The standard InChI is InChI=1S/C24H20FN3O2S/c1-27(19-9-8-15-4-2-5-16(15)13-19)21(29)14-28-24(30)20-10-11-31-23(20)22(26-28)17-6-3-7-18(25)12-17/h3,6-13H,2,4-5,14H2,1H3. The summed E-state index contributed by atoms with van der Waals surface area (Å²) < 4.78 is 15.7. The number of benzene rings is 2. The summed E-state index contributed by atoms with van der Waals surface area (Å²) in [6.07, 6.45) is 3.24. The van der Waals surface area contributed by atoms with Gasteiger partial charge in [-0.15, -0.1) is 11.3 Å². The maximum atomic E-state index is 13.8. The fourth-order valence-electron chi connectivity index (χ4n) is 4.09. The largest absolute Gasteiger partial charge is 0.314 e. The Balaban J connectivity index is 1.51. The normalized spacial score (nSPS) is 12.8. The van der Waals surface area contributed by atoms with E-state index >= 15 is 0 Å². The molecule has 2 heterocycles. The Morgan fingerprint density at radius 1 is 1.16 bits per heavy atom.